The molecule has 0 bridgehead atoms. The summed E-state index contributed by atoms with van der Waals surface area (Å²) in [5.41, 5.74) is 0.308. The maximum atomic E-state index is 8.95. The van der Waals surface area contributed by atoms with E-state index in [0.29, 0.717) is 17.9 Å². The van der Waals surface area contributed by atoms with Gasteiger partial charge in [0.1, 0.15) is 0 Å². The van der Waals surface area contributed by atoms with Crippen molar-refractivity contribution in [2.24, 2.45) is 5.92 Å². The van der Waals surface area contributed by atoms with Crippen molar-refractivity contribution >= 4 is 11.3 Å². The Balaban J connectivity index is 2.19. The molecule has 1 fully saturated rings. The van der Waals surface area contributed by atoms with Crippen LogP contribution in [-0.2, 0) is 5.41 Å². The van der Waals surface area contributed by atoms with Crippen molar-refractivity contribution in [1.82, 2.24) is 0 Å². The summed E-state index contributed by atoms with van der Waals surface area (Å²) in [7, 11) is 0. The number of hydrogen-bond acceptors (Lipinski definition) is 2. The Kier molecular flexibility index (Phi) is 1.55. The summed E-state index contributed by atoms with van der Waals surface area (Å²) in [6.07, 6.45) is 1.16. The Bertz CT molecular complexity index is 242. The molecule has 0 aromatic carbocycles. The van der Waals surface area contributed by atoms with Crippen LogP contribution in [0, 0.1) is 5.92 Å². The van der Waals surface area contributed by atoms with Gasteiger partial charge in [0, 0.05) is 16.9 Å². The highest BCUT2D eigenvalue weighted by Crippen LogP contribution is 2.54. The van der Waals surface area contributed by atoms with Gasteiger partial charge in [-0.05, 0) is 23.8 Å². The molecule has 2 atom stereocenters. The maximum absolute atomic E-state index is 8.95. The first-order valence-electron chi connectivity index (χ1n) is 3.92. The molecule has 0 spiro atoms. The molecular weight excluding hydrogens is 156 g/mol. The predicted molar refractivity (Wildman–Crippen MR) is 46.9 cm³/mol. The van der Waals surface area contributed by atoms with E-state index < -0.39 is 0 Å². The molecule has 2 heteroatoms. The molecule has 1 nitrogen and oxygen atoms in total. The average molecular weight is 168 g/mol. The van der Waals surface area contributed by atoms with Crippen molar-refractivity contribution in [1.29, 1.82) is 0 Å². The van der Waals surface area contributed by atoms with Crippen LogP contribution in [0.25, 0.3) is 0 Å². The summed E-state index contributed by atoms with van der Waals surface area (Å²) >= 11 is 1.80. The maximum Gasteiger partial charge on any atom is 0.0468 e. The largest absolute Gasteiger partial charge is 0.396 e. The van der Waals surface area contributed by atoms with Crippen molar-refractivity contribution in [3.63, 3.8) is 0 Å². The molecule has 2 rings (SSSR count). The normalized spacial score (nSPS) is 35.6. The summed E-state index contributed by atoms with van der Waals surface area (Å²) in [6.45, 7) is 2.58. The van der Waals surface area contributed by atoms with E-state index in [2.05, 4.69) is 24.4 Å². The lowest BCUT2D eigenvalue weighted by Gasteiger charge is -2.05. The summed E-state index contributed by atoms with van der Waals surface area (Å²) < 4.78 is 0. The third-order valence-electron chi connectivity index (χ3n) is 2.72. The molecule has 2 unspecified atom stereocenters. The van der Waals surface area contributed by atoms with E-state index in [1.54, 1.807) is 11.3 Å². The first-order valence-corrected chi connectivity index (χ1v) is 4.80. The molecule has 1 saturated carbocycles. The summed E-state index contributed by atoms with van der Waals surface area (Å²) in [5.74, 6) is 0.515. The van der Waals surface area contributed by atoms with E-state index in [4.69, 9.17) is 5.11 Å². The SMILES string of the molecule is CC1(c2cccs2)CC1CO. The van der Waals surface area contributed by atoms with Gasteiger partial charge in [0.2, 0.25) is 0 Å². The molecule has 1 N–H and O–H groups in total. The van der Waals surface area contributed by atoms with E-state index in [1.165, 1.54) is 4.88 Å². The van der Waals surface area contributed by atoms with E-state index in [1.807, 2.05) is 0 Å². The van der Waals surface area contributed by atoms with Gasteiger partial charge in [0.25, 0.3) is 0 Å². The van der Waals surface area contributed by atoms with Crippen LogP contribution < -0.4 is 0 Å². The fourth-order valence-electron chi connectivity index (χ4n) is 1.62. The first-order chi connectivity index (χ1) is 5.27. The van der Waals surface area contributed by atoms with Crippen molar-refractivity contribution in [3.05, 3.63) is 22.4 Å². The van der Waals surface area contributed by atoms with E-state index in [0.717, 1.165) is 6.42 Å². The lowest BCUT2D eigenvalue weighted by Crippen LogP contribution is -2.03. The van der Waals surface area contributed by atoms with Crippen LogP contribution in [0.15, 0.2) is 17.5 Å². The minimum atomic E-state index is 0.308. The molecule has 1 aliphatic carbocycles. The Labute approximate surface area is 70.7 Å². The van der Waals surface area contributed by atoms with Gasteiger partial charge in [-0.15, -0.1) is 11.3 Å². The van der Waals surface area contributed by atoms with Crippen LogP contribution in [0.3, 0.4) is 0 Å². The fourth-order valence-corrected chi connectivity index (χ4v) is 2.60. The van der Waals surface area contributed by atoms with Gasteiger partial charge in [-0.25, -0.2) is 0 Å². The molecule has 1 heterocycles. The second-order valence-corrected chi connectivity index (χ2v) is 4.43. The Morgan fingerprint density at radius 2 is 2.64 bits per heavy atom. The Hall–Kier alpha value is -0.340. The number of rotatable bonds is 2. The van der Waals surface area contributed by atoms with Crippen molar-refractivity contribution in [3.8, 4) is 0 Å². The highest BCUT2D eigenvalue weighted by Gasteiger charge is 2.51. The van der Waals surface area contributed by atoms with Crippen LogP contribution >= 0.6 is 11.3 Å². The van der Waals surface area contributed by atoms with E-state index >= 15 is 0 Å². The number of hydrogen-bond donors (Lipinski definition) is 1. The monoisotopic (exact) mass is 168 g/mol. The molecular formula is C9H12OS. The zero-order valence-corrected chi connectivity index (χ0v) is 7.40. The average Bonchev–Trinajstić information content (AvgIpc) is 2.55. The second-order valence-electron chi connectivity index (χ2n) is 3.48. The summed E-state index contributed by atoms with van der Waals surface area (Å²) in [5, 5.41) is 11.0. The molecule has 0 saturated heterocycles. The topological polar surface area (TPSA) is 20.2 Å². The van der Waals surface area contributed by atoms with Crippen molar-refractivity contribution < 1.29 is 5.11 Å². The summed E-state index contributed by atoms with van der Waals surface area (Å²) in [6, 6.07) is 4.25. The quantitative estimate of drug-likeness (QED) is 0.716. The molecule has 0 radical (unpaired) electrons. The van der Waals surface area contributed by atoms with E-state index in [-0.39, 0.29) is 0 Å². The van der Waals surface area contributed by atoms with Crippen LogP contribution in [0.4, 0.5) is 0 Å². The highest BCUT2D eigenvalue weighted by molar-refractivity contribution is 7.10. The fraction of sp³-hybridized carbons (Fsp3) is 0.556. The number of aliphatic hydroxyl groups is 1. The third kappa shape index (κ3) is 1.01. The predicted octanol–water partition coefficient (Wildman–Crippen LogP) is 2.02. The minimum Gasteiger partial charge on any atom is -0.396 e. The van der Waals surface area contributed by atoms with Crippen molar-refractivity contribution in [2.75, 3.05) is 6.61 Å². The number of aliphatic hydroxyl groups excluding tert-OH is 1. The van der Waals surface area contributed by atoms with E-state index in [9.17, 15) is 0 Å². The van der Waals surface area contributed by atoms with Gasteiger partial charge in [-0.1, -0.05) is 13.0 Å². The lowest BCUT2D eigenvalue weighted by molar-refractivity contribution is 0.266. The van der Waals surface area contributed by atoms with Gasteiger partial charge in [0.15, 0.2) is 0 Å². The van der Waals surface area contributed by atoms with Gasteiger partial charge >= 0.3 is 0 Å². The minimum absolute atomic E-state index is 0.308. The van der Waals surface area contributed by atoms with Gasteiger partial charge in [-0.3, -0.25) is 0 Å². The first kappa shape index (κ1) is 7.32. The Morgan fingerprint density at radius 3 is 3.09 bits per heavy atom. The molecule has 0 aliphatic heterocycles. The van der Waals surface area contributed by atoms with Crippen LogP contribution in [0.5, 0.6) is 0 Å². The smallest absolute Gasteiger partial charge is 0.0468 e. The van der Waals surface area contributed by atoms with Crippen molar-refractivity contribution in [2.45, 2.75) is 18.8 Å². The highest BCUT2D eigenvalue weighted by atomic mass is 32.1. The molecule has 60 valence electrons. The van der Waals surface area contributed by atoms with Crippen LogP contribution in [-0.4, -0.2) is 11.7 Å². The lowest BCUT2D eigenvalue weighted by atomic mass is 10.1. The van der Waals surface area contributed by atoms with Gasteiger partial charge in [-0.2, -0.15) is 0 Å². The molecule has 1 aromatic heterocycles. The van der Waals surface area contributed by atoms with Gasteiger partial charge in [0.05, 0.1) is 0 Å². The molecule has 1 aliphatic rings. The molecule has 11 heavy (non-hydrogen) atoms. The standard InChI is InChI=1S/C9H12OS/c1-9(5-7(9)6-10)8-3-2-4-11-8/h2-4,7,10H,5-6H2,1H3. The van der Waals surface area contributed by atoms with Crippen LogP contribution in [0.2, 0.25) is 0 Å². The molecule has 0 amide bonds. The number of thiophene rings is 1. The second kappa shape index (κ2) is 2.32. The Morgan fingerprint density at radius 1 is 1.82 bits per heavy atom. The van der Waals surface area contributed by atoms with Crippen LogP contribution in [0.1, 0.15) is 18.2 Å². The third-order valence-corrected chi connectivity index (χ3v) is 3.87. The zero-order valence-electron chi connectivity index (χ0n) is 6.58. The van der Waals surface area contributed by atoms with Gasteiger partial charge < -0.3 is 5.11 Å². The zero-order chi connectivity index (χ0) is 7.90. The molecule has 1 aromatic rings. The summed E-state index contributed by atoms with van der Waals surface area (Å²) in [4.78, 5) is 1.43.